The largest absolute Gasteiger partial charge is 0.302 e. The smallest absolute Gasteiger partial charge is 0.0230 e. The van der Waals surface area contributed by atoms with E-state index in [2.05, 4.69) is 49.2 Å². The molecule has 128 valence electrons. The predicted molar refractivity (Wildman–Crippen MR) is 105 cm³/mol. The molecule has 0 fully saturated rings. The van der Waals surface area contributed by atoms with Crippen molar-refractivity contribution >= 4 is 17.0 Å². The van der Waals surface area contributed by atoms with Crippen LogP contribution in [0, 0.1) is 0 Å². The van der Waals surface area contributed by atoms with Crippen molar-refractivity contribution in [2.24, 2.45) is 0 Å². The molecular weight excluding hydrogens is 334 g/mol. The summed E-state index contributed by atoms with van der Waals surface area (Å²) >= 11 is 0. The Morgan fingerprint density at radius 1 is 0.727 bits per heavy atom. The van der Waals surface area contributed by atoms with Crippen molar-refractivity contribution in [1.29, 1.82) is 0 Å². The topological polar surface area (TPSA) is 3.24 Å². The fourth-order valence-electron chi connectivity index (χ4n) is 2.84. The lowest BCUT2D eigenvalue weighted by Crippen LogP contribution is -2.18. The number of benzene rings is 1. The monoisotopic (exact) mass is 369 g/mol. The zero-order chi connectivity index (χ0) is 15.2. The van der Waals surface area contributed by atoms with Crippen LogP contribution in [-0.2, 0) is 6.54 Å². The van der Waals surface area contributed by atoms with Crippen LogP contribution in [0.15, 0.2) is 30.3 Å². The minimum atomic E-state index is 0. The van der Waals surface area contributed by atoms with Gasteiger partial charge in [-0.05, 0) is 25.6 Å². The highest BCUT2D eigenvalue weighted by molar-refractivity contribution is 8.93. The molecule has 0 aliphatic heterocycles. The summed E-state index contributed by atoms with van der Waals surface area (Å²) in [5, 5.41) is 0. The molecule has 0 heterocycles. The summed E-state index contributed by atoms with van der Waals surface area (Å²) < 4.78 is 0. The van der Waals surface area contributed by atoms with Crippen LogP contribution in [0.1, 0.15) is 76.7 Å². The fourth-order valence-corrected chi connectivity index (χ4v) is 2.84. The maximum atomic E-state index is 2.44. The van der Waals surface area contributed by atoms with E-state index in [1.807, 2.05) is 0 Å². The first-order valence-corrected chi connectivity index (χ1v) is 9.05. The molecule has 0 radical (unpaired) electrons. The van der Waals surface area contributed by atoms with Crippen LogP contribution < -0.4 is 0 Å². The molecule has 0 N–H and O–H groups in total. The molecule has 1 rings (SSSR count). The van der Waals surface area contributed by atoms with Gasteiger partial charge in [0, 0.05) is 6.54 Å². The summed E-state index contributed by atoms with van der Waals surface area (Å²) in [5.74, 6) is 0. The molecule has 0 atom stereocenters. The zero-order valence-electron chi connectivity index (χ0n) is 14.7. The number of unbranched alkanes of at least 4 members (excludes halogenated alkanes) is 9. The van der Waals surface area contributed by atoms with Gasteiger partial charge in [-0.25, -0.2) is 0 Å². The minimum Gasteiger partial charge on any atom is -0.302 e. The Morgan fingerprint density at radius 2 is 1.23 bits per heavy atom. The van der Waals surface area contributed by atoms with E-state index in [0.29, 0.717) is 0 Å². The molecule has 1 nitrogen and oxygen atoms in total. The van der Waals surface area contributed by atoms with E-state index in [4.69, 9.17) is 0 Å². The second-order valence-electron chi connectivity index (χ2n) is 6.41. The van der Waals surface area contributed by atoms with Crippen LogP contribution in [0.2, 0.25) is 0 Å². The molecule has 0 bridgehead atoms. The molecule has 1 aromatic rings. The molecule has 1 aromatic carbocycles. The van der Waals surface area contributed by atoms with Gasteiger partial charge < -0.3 is 4.90 Å². The summed E-state index contributed by atoms with van der Waals surface area (Å²) in [6.45, 7) is 4.60. The molecule has 0 unspecified atom stereocenters. The number of halogens is 1. The minimum absolute atomic E-state index is 0. The predicted octanol–water partition coefficient (Wildman–Crippen LogP) is 6.62. The maximum Gasteiger partial charge on any atom is 0.0230 e. The Labute approximate surface area is 149 Å². The van der Waals surface area contributed by atoms with Crippen LogP contribution in [-0.4, -0.2) is 18.5 Å². The van der Waals surface area contributed by atoms with Crippen LogP contribution in [0.3, 0.4) is 0 Å². The quantitative estimate of drug-likeness (QED) is 0.353. The van der Waals surface area contributed by atoms with Crippen molar-refractivity contribution in [2.45, 2.75) is 77.7 Å². The van der Waals surface area contributed by atoms with Gasteiger partial charge in [-0.3, -0.25) is 0 Å². The Hall–Kier alpha value is -0.340. The Balaban J connectivity index is 0.00000441. The van der Waals surface area contributed by atoms with Gasteiger partial charge in [0.05, 0.1) is 0 Å². The van der Waals surface area contributed by atoms with Gasteiger partial charge in [0.25, 0.3) is 0 Å². The summed E-state index contributed by atoms with van der Waals surface area (Å²) in [6, 6.07) is 10.8. The highest BCUT2D eigenvalue weighted by atomic mass is 79.9. The van der Waals surface area contributed by atoms with Gasteiger partial charge in [-0.1, -0.05) is 95.0 Å². The molecule has 0 amide bonds. The molecule has 2 heteroatoms. The van der Waals surface area contributed by atoms with E-state index in [-0.39, 0.29) is 17.0 Å². The molecule has 22 heavy (non-hydrogen) atoms. The van der Waals surface area contributed by atoms with Crippen molar-refractivity contribution in [3.05, 3.63) is 35.9 Å². The summed E-state index contributed by atoms with van der Waals surface area (Å²) in [6.07, 6.45) is 14.2. The standard InChI is InChI=1S/C20H35N.BrH/c1-3-4-5-6-7-8-9-10-11-15-18-21(2)19-20-16-13-12-14-17-20;/h12-14,16-17H,3-11,15,18-19H2,1-2H3;1H. The lowest BCUT2D eigenvalue weighted by molar-refractivity contribution is 0.316. The fraction of sp³-hybridized carbons (Fsp3) is 0.700. The first-order valence-electron chi connectivity index (χ1n) is 9.05. The van der Waals surface area contributed by atoms with E-state index in [9.17, 15) is 0 Å². The molecule has 0 aliphatic carbocycles. The van der Waals surface area contributed by atoms with E-state index in [1.54, 1.807) is 0 Å². The zero-order valence-corrected chi connectivity index (χ0v) is 16.4. The van der Waals surface area contributed by atoms with E-state index in [1.165, 1.54) is 76.3 Å². The van der Waals surface area contributed by atoms with E-state index in [0.717, 1.165) is 6.54 Å². The van der Waals surface area contributed by atoms with Crippen molar-refractivity contribution in [1.82, 2.24) is 4.90 Å². The molecule has 0 aliphatic rings. The second kappa shape index (κ2) is 15.6. The lowest BCUT2D eigenvalue weighted by atomic mass is 10.1. The molecule has 0 saturated heterocycles. The summed E-state index contributed by atoms with van der Waals surface area (Å²) in [7, 11) is 2.24. The summed E-state index contributed by atoms with van der Waals surface area (Å²) in [5.41, 5.74) is 1.42. The third-order valence-electron chi connectivity index (χ3n) is 4.19. The Kier molecular flexibility index (Phi) is 15.3. The average molecular weight is 370 g/mol. The van der Waals surface area contributed by atoms with Gasteiger partial charge in [0.2, 0.25) is 0 Å². The Bertz CT molecular complexity index is 326. The Morgan fingerprint density at radius 3 is 1.77 bits per heavy atom. The number of nitrogens with zero attached hydrogens (tertiary/aromatic N) is 1. The molecular formula is C20H36BrN. The van der Waals surface area contributed by atoms with Gasteiger partial charge in [-0.15, -0.1) is 17.0 Å². The van der Waals surface area contributed by atoms with Crippen molar-refractivity contribution in [3.63, 3.8) is 0 Å². The van der Waals surface area contributed by atoms with E-state index < -0.39 is 0 Å². The summed E-state index contributed by atoms with van der Waals surface area (Å²) in [4.78, 5) is 2.44. The number of hydrogen-bond acceptors (Lipinski definition) is 1. The van der Waals surface area contributed by atoms with Gasteiger partial charge in [0.15, 0.2) is 0 Å². The average Bonchev–Trinajstić information content (AvgIpc) is 2.50. The third-order valence-corrected chi connectivity index (χ3v) is 4.19. The second-order valence-corrected chi connectivity index (χ2v) is 6.41. The highest BCUT2D eigenvalue weighted by Crippen LogP contribution is 2.11. The first-order chi connectivity index (χ1) is 10.3. The first kappa shape index (κ1) is 21.7. The maximum absolute atomic E-state index is 2.44. The van der Waals surface area contributed by atoms with Crippen LogP contribution in [0.5, 0.6) is 0 Å². The SMILES string of the molecule is Br.CCCCCCCCCCCCN(C)Cc1ccccc1. The van der Waals surface area contributed by atoms with Gasteiger partial charge in [-0.2, -0.15) is 0 Å². The number of rotatable bonds is 13. The third kappa shape index (κ3) is 12.2. The van der Waals surface area contributed by atoms with Gasteiger partial charge >= 0.3 is 0 Å². The van der Waals surface area contributed by atoms with Gasteiger partial charge in [0.1, 0.15) is 0 Å². The molecule has 0 aromatic heterocycles. The van der Waals surface area contributed by atoms with Crippen molar-refractivity contribution in [3.8, 4) is 0 Å². The van der Waals surface area contributed by atoms with Crippen molar-refractivity contribution in [2.75, 3.05) is 13.6 Å². The highest BCUT2D eigenvalue weighted by Gasteiger charge is 1.99. The number of hydrogen-bond donors (Lipinski definition) is 0. The van der Waals surface area contributed by atoms with Crippen molar-refractivity contribution < 1.29 is 0 Å². The van der Waals surface area contributed by atoms with Crippen LogP contribution in [0.4, 0.5) is 0 Å². The molecule has 0 saturated carbocycles. The van der Waals surface area contributed by atoms with E-state index >= 15 is 0 Å². The van der Waals surface area contributed by atoms with Crippen LogP contribution in [0.25, 0.3) is 0 Å². The normalized spacial score (nSPS) is 10.7. The molecule has 0 spiro atoms. The lowest BCUT2D eigenvalue weighted by Gasteiger charge is -2.16. The van der Waals surface area contributed by atoms with Crippen LogP contribution >= 0.6 is 17.0 Å².